The Morgan fingerprint density at radius 1 is 1.07 bits per heavy atom. The first-order valence-electron chi connectivity index (χ1n) is 16.3. The van der Waals surface area contributed by atoms with E-state index in [0.29, 0.717) is 21.9 Å². The molecule has 6 rings (SSSR count). The predicted octanol–water partition coefficient (Wildman–Crippen LogP) is 7.12. The second kappa shape index (κ2) is 12.2. The minimum absolute atomic E-state index is 0.238. The highest BCUT2D eigenvalue weighted by Crippen LogP contribution is 2.57. The summed E-state index contributed by atoms with van der Waals surface area (Å²) in [6, 6.07) is 8.77. The number of halogens is 1. The van der Waals surface area contributed by atoms with E-state index in [4.69, 9.17) is 17.0 Å². The zero-order valence-corrected chi connectivity index (χ0v) is 26.0. The molecule has 2 saturated heterocycles. The molecule has 0 amide bonds. The van der Waals surface area contributed by atoms with Crippen LogP contribution >= 0.6 is 11.6 Å². The van der Waals surface area contributed by atoms with Gasteiger partial charge in [0.05, 0.1) is 16.4 Å². The van der Waals surface area contributed by atoms with Gasteiger partial charge in [0.15, 0.2) is 0 Å². The number of likely N-dealkylation sites (tertiary alicyclic amines) is 2. The lowest BCUT2D eigenvalue weighted by atomic mass is 9.56. The van der Waals surface area contributed by atoms with Crippen molar-refractivity contribution in [1.82, 2.24) is 14.7 Å². The molecule has 0 radical (unpaired) electrons. The van der Waals surface area contributed by atoms with Crippen molar-refractivity contribution >= 4 is 23.1 Å². The summed E-state index contributed by atoms with van der Waals surface area (Å²) in [6.07, 6.45) is 16.3. The van der Waals surface area contributed by atoms with E-state index in [2.05, 4.69) is 40.2 Å². The molecular weight excluding hydrogens is 528 g/mol. The summed E-state index contributed by atoms with van der Waals surface area (Å²) in [6.45, 7) is 4.54. The van der Waals surface area contributed by atoms with E-state index < -0.39 is 0 Å². The third-order valence-electron chi connectivity index (χ3n) is 11.2. The fourth-order valence-corrected chi connectivity index (χ4v) is 8.72. The topological polar surface area (TPSA) is 69.4 Å². The number of nitrogens with one attached hydrogen (secondary N) is 2. The molecule has 5 fully saturated rings. The summed E-state index contributed by atoms with van der Waals surface area (Å²) in [5.74, 6) is 2.17. The Bertz CT molecular complexity index is 1160. The minimum atomic E-state index is 0.238. The number of piperidine rings is 2. The van der Waals surface area contributed by atoms with Crippen LogP contribution in [0.1, 0.15) is 89.0 Å². The molecule has 5 aliphatic rings. The maximum Gasteiger partial charge on any atom is 0.101 e. The van der Waals surface area contributed by atoms with Gasteiger partial charge in [-0.25, -0.2) is 0 Å². The summed E-state index contributed by atoms with van der Waals surface area (Å²) < 4.78 is 0. The second-order valence-electron chi connectivity index (χ2n) is 14.0. The van der Waals surface area contributed by atoms with Crippen molar-refractivity contribution in [3.8, 4) is 6.07 Å². The van der Waals surface area contributed by atoms with Crippen molar-refractivity contribution in [1.29, 1.82) is 10.7 Å². The number of hydrogen-bond acceptors (Lipinski definition) is 5. The van der Waals surface area contributed by atoms with Crippen molar-refractivity contribution < 1.29 is 0 Å². The molecule has 222 valence electrons. The standard InChI is InChI=1S/C34H49ClN6/c1-39(2)29-11-15-41(16-12-29)33(25-7-8-25)27-21-34(22-27)13-17-40(18-14-34)32(37)20-31(24-5-3-4-6-24)38-28-10-9-26(23-36)30(35)19-28/h9-10,19,24,27,29,31,37-38H,3-8,11-18,20-22H2,1-2H3. The lowest BCUT2D eigenvalue weighted by Crippen LogP contribution is -2.51. The van der Waals surface area contributed by atoms with Crippen molar-refractivity contribution in [2.45, 2.75) is 95.6 Å². The minimum Gasteiger partial charge on any atom is -0.382 e. The van der Waals surface area contributed by atoms with Crippen LogP contribution in [0.4, 0.5) is 5.69 Å². The van der Waals surface area contributed by atoms with Crippen LogP contribution in [0, 0.1) is 34.0 Å². The van der Waals surface area contributed by atoms with Gasteiger partial charge in [0.25, 0.3) is 0 Å². The van der Waals surface area contributed by atoms with E-state index in [1.807, 2.05) is 12.1 Å². The molecule has 2 aliphatic heterocycles. The molecular formula is C34H49ClN6. The molecule has 3 aliphatic carbocycles. The van der Waals surface area contributed by atoms with Crippen LogP contribution in [0.3, 0.4) is 0 Å². The number of hydrogen-bond donors (Lipinski definition) is 2. The van der Waals surface area contributed by atoms with Gasteiger partial charge in [0.1, 0.15) is 6.07 Å². The van der Waals surface area contributed by atoms with Crippen molar-refractivity contribution in [3.05, 3.63) is 40.1 Å². The summed E-state index contributed by atoms with van der Waals surface area (Å²) in [5, 5.41) is 22.6. The zero-order chi connectivity index (χ0) is 28.6. The second-order valence-corrected chi connectivity index (χ2v) is 14.4. The van der Waals surface area contributed by atoms with E-state index in [-0.39, 0.29) is 6.04 Å². The zero-order valence-electron chi connectivity index (χ0n) is 25.2. The molecule has 6 nitrogen and oxygen atoms in total. The molecule has 1 aromatic rings. The smallest absolute Gasteiger partial charge is 0.101 e. The van der Waals surface area contributed by atoms with Crippen LogP contribution in [0.2, 0.25) is 5.02 Å². The van der Waals surface area contributed by atoms with E-state index in [1.54, 1.807) is 17.3 Å². The first-order valence-corrected chi connectivity index (χ1v) is 16.6. The van der Waals surface area contributed by atoms with E-state index in [0.717, 1.165) is 43.0 Å². The molecule has 7 heteroatoms. The van der Waals surface area contributed by atoms with Gasteiger partial charge < -0.3 is 20.0 Å². The van der Waals surface area contributed by atoms with Crippen molar-refractivity contribution in [3.63, 3.8) is 0 Å². The monoisotopic (exact) mass is 576 g/mol. The highest BCUT2D eigenvalue weighted by Gasteiger charge is 2.49. The van der Waals surface area contributed by atoms with Crippen LogP contribution in [0.25, 0.3) is 0 Å². The predicted molar refractivity (Wildman–Crippen MR) is 168 cm³/mol. The first-order chi connectivity index (χ1) is 19.8. The Balaban J connectivity index is 1.02. The average molecular weight is 577 g/mol. The van der Waals surface area contributed by atoms with E-state index in [9.17, 15) is 5.26 Å². The largest absolute Gasteiger partial charge is 0.382 e. The van der Waals surface area contributed by atoms with Crippen LogP contribution < -0.4 is 5.32 Å². The Kier molecular flexibility index (Phi) is 8.57. The highest BCUT2D eigenvalue weighted by atomic mass is 35.5. The molecule has 2 N–H and O–H groups in total. The average Bonchev–Trinajstić information content (AvgIpc) is 3.63. The molecule has 1 aromatic carbocycles. The van der Waals surface area contributed by atoms with Crippen molar-refractivity contribution in [2.24, 2.45) is 17.3 Å². The van der Waals surface area contributed by atoms with Crippen LogP contribution in [-0.4, -0.2) is 72.9 Å². The molecule has 1 spiro atoms. The highest BCUT2D eigenvalue weighted by molar-refractivity contribution is 6.32. The van der Waals surface area contributed by atoms with Gasteiger partial charge in [-0.1, -0.05) is 30.0 Å². The SMILES string of the molecule is CN(C)C1CCN(C(=C2CC2)C2CC3(CCN(C(=N)CC(Nc4ccc(C#N)c(Cl)c4)C4CCCC4)CC3)C2)CC1. The van der Waals surface area contributed by atoms with Gasteiger partial charge >= 0.3 is 0 Å². The van der Waals surface area contributed by atoms with E-state index in [1.165, 1.54) is 90.1 Å². The third-order valence-corrected chi connectivity index (χ3v) is 11.5. The lowest BCUT2D eigenvalue weighted by molar-refractivity contribution is 0.00227. The fourth-order valence-electron chi connectivity index (χ4n) is 8.49. The van der Waals surface area contributed by atoms with Gasteiger partial charge in [-0.15, -0.1) is 0 Å². The Morgan fingerprint density at radius 3 is 2.34 bits per heavy atom. The molecule has 41 heavy (non-hydrogen) atoms. The Labute approximate surface area is 252 Å². The number of nitriles is 1. The van der Waals surface area contributed by atoms with Crippen LogP contribution in [0.5, 0.6) is 0 Å². The maximum atomic E-state index is 9.25. The number of amidine groups is 1. The quantitative estimate of drug-likeness (QED) is 0.255. The summed E-state index contributed by atoms with van der Waals surface area (Å²) >= 11 is 6.34. The van der Waals surface area contributed by atoms with Gasteiger partial charge in [0.2, 0.25) is 0 Å². The van der Waals surface area contributed by atoms with Crippen LogP contribution in [-0.2, 0) is 0 Å². The van der Waals surface area contributed by atoms with Crippen LogP contribution in [0.15, 0.2) is 29.5 Å². The lowest BCUT2D eigenvalue weighted by Gasteiger charge is -2.55. The number of allylic oxidation sites excluding steroid dienone is 2. The molecule has 1 atom stereocenters. The van der Waals surface area contributed by atoms with Gasteiger partial charge in [-0.3, -0.25) is 5.41 Å². The number of anilines is 1. The maximum absolute atomic E-state index is 9.25. The van der Waals surface area contributed by atoms with Gasteiger partial charge in [0, 0.05) is 56.1 Å². The van der Waals surface area contributed by atoms with Gasteiger partial charge in [-0.05, 0) is 114 Å². The molecule has 1 unspecified atom stereocenters. The third kappa shape index (κ3) is 6.42. The summed E-state index contributed by atoms with van der Waals surface area (Å²) in [5.41, 5.74) is 5.50. The van der Waals surface area contributed by atoms with Gasteiger partial charge in [-0.2, -0.15) is 5.26 Å². The first kappa shape index (κ1) is 28.9. The fraction of sp³-hybridized carbons (Fsp3) is 0.706. The van der Waals surface area contributed by atoms with E-state index >= 15 is 0 Å². The van der Waals surface area contributed by atoms with Crippen molar-refractivity contribution in [2.75, 3.05) is 45.6 Å². The molecule has 0 bridgehead atoms. The molecule has 0 aromatic heterocycles. The number of nitrogens with zero attached hydrogens (tertiary/aromatic N) is 4. The normalized spacial score (nSPS) is 23.9. The molecule has 3 saturated carbocycles. The number of rotatable bonds is 8. The summed E-state index contributed by atoms with van der Waals surface area (Å²) in [4.78, 5) is 7.57. The Morgan fingerprint density at radius 2 is 1.76 bits per heavy atom. The summed E-state index contributed by atoms with van der Waals surface area (Å²) in [7, 11) is 4.47. The molecule has 2 heterocycles. The number of benzene rings is 1. The Hall–Kier alpha value is -2.23.